The molecule has 0 bridgehead atoms. The predicted molar refractivity (Wildman–Crippen MR) is 61.7 cm³/mol. The van der Waals surface area contributed by atoms with Crippen molar-refractivity contribution in [2.24, 2.45) is 0 Å². The van der Waals surface area contributed by atoms with Crippen molar-refractivity contribution in [3.63, 3.8) is 0 Å². The molecule has 0 aliphatic carbocycles. The Morgan fingerprint density at radius 3 is 1.44 bits per heavy atom. The summed E-state index contributed by atoms with van der Waals surface area (Å²) in [5.41, 5.74) is 0. The summed E-state index contributed by atoms with van der Waals surface area (Å²) >= 11 is 0. The Morgan fingerprint density at radius 1 is 0.778 bits per heavy atom. The number of phosphoric ester groups is 1. The molecular formula is C12H10O4PZn-. The molecular weight excluding hydrogens is 304 g/mol. The van der Waals surface area contributed by atoms with Crippen molar-refractivity contribution < 1.29 is 38.0 Å². The first-order valence-electron chi connectivity index (χ1n) is 4.96. The largest absolute Gasteiger partial charge is 0.736 e. The molecule has 2 rings (SSSR count). The second kappa shape index (κ2) is 6.70. The minimum Gasteiger partial charge on any atom is -0.736 e. The average Bonchev–Trinajstić information content (AvgIpc) is 2.30. The van der Waals surface area contributed by atoms with E-state index >= 15 is 0 Å². The summed E-state index contributed by atoms with van der Waals surface area (Å²) in [5, 5.41) is 0. The van der Waals surface area contributed by atoms with Gasteiger partial charge in [0.05, 0.1) is 0 Å². The predicted octanol–water partition coefficient (Wildman–Crippen LogP) is 2.61. The molecule has 0 spiro atoms. The molecule has 0 fully saturated rings. The molecule has 0 aromatic heterocycles. The fourth-order valence-corrected chi connectivity index (χ4v) is 2.04. The number of phosphoric acid groups is 1. The zero-order chi connectivity index (χ0) is 12.1. The van der Waals surface area contributed by atoms with E-state index in [0.717, 1.165) is 0 Å². The Bertz CT molecular complexity index is 473. The van der Waals surface area contributed by atoms with Crippen LogP contribution < -0.4 is 13.9 Å². The van der Waals surface area contributed by atoms with E-state index in [4.69, 9.17) is 9.05 Å². The topological polar surface area (TPSA) is 58.6 Å². The van der Waals surface area contributed by atoms with Gasteiger partial charge in [-0.25, -0.2) is 4.57 Å². The number of rotatable bonds is 4. The zero-order valence-electron chi connectivity index (χ0n) is 9.56. The normalized spacial score (nSPS) is 10.3. The second-order valence-electron chi connectivity index (χ2n) is 3.26. The third-order valence-corrected chi connectivity index (χ3v) is 2.79. The van der Waals surface area contributed by atoms with Crippen molar-refractivity contribution in [3.05, 3.63) is 60.7 Å². The Labute approximate surface area is 118 Å². The van der Waals surface area contributed by atoms with Crippen molar-refractivity contribution in [1.82, 2.24) is 0 Å². The molecule has 0 saturated carbocycles. The van der Waals surface area contributed by atoms with Gasteiger partial charge in [-0.1, -0.05) is 36.4 Å². The van der Waals surface area contributed by atoms with Crippen LogP contribution in [0.5, 0.6) is 11.5 Å². The van der Waals surface area contributed by atoms with Crippen LogP contribution >= 0.6 is 7.82 Å². The summed E-state index contributed by atoms with van der Waals surface area (Å²) in [7, 11) is -4.39. The molecule has 2 aromatic rings. The maximum absolute atomic E-state index is 11.6. The summed E-state index contributed by atoms with van der Waals surface area (Å²) in [6.45, 7) is 0. The first kappa shape index (κ1) is 14.9. The van der Waals surface area contributed by atoms with Gasteiger partial charge >= 0.3 is 7.82 Å². The summed E-state index contributed by atoms with van der Waals surface area (Å²) in [4.78, 5) is 11.6. The SMILES string of the molecule is O=P([O-])(Oc1ccccc1)Oc1ccccc1.[Zn]. The third kappa shape index (κ3) is 4.61. The van der Waals surface area contributed by atoms with Crippen LogP contribution in [0.25, 0.3) is 0 Å². The summed E-state index contributed by atoms with van der Waals surface area (Å²) in [5.74, 6) is 0.448. The Morgan fingerprint density at radius 2 is 1.11 bits per heavy atom. The van der Waals surface area contributed by atoms with Crippen LogP contribution in [0.1, 0.15) is 0 Å². The van der Waals surface area contributed by atoms with Gasteiger partial charge in [-0.2, -0.15) is 0 Å². The van der Waals surface area contributed by atoms with E-state index in [2.05, 4.69) is 0 Å². The Balaban J connectivity index is 0.00000162. The number of benzene rings is 2. The third-order valence-electron chi connectivity index (χ3n) is 1.92. The molecule has 0 saturated heterocycles. The molecule has 18 heavy (non-hydrogen) atoms. The molecule has 4 nitrogen and oxygen atoms in total. The smallest absolute Gasteiger partial charge is 0.372 e. The van der Waals surface area contributed by atoms with Crippen molar-refractivity contribution in [1.29, 1.82) is 0 Å². The fraction of sp³-hybridized carbons (Fsp3) is 0. The van der Waals surface area contributed by atoms with Gasteiger partial charge in [0, 0.05) is 19.5 Å². The standard InChI is InChI=1S/C12H11O4P.Zn/c13-17(14,15-11-7-3-1-4-8-11)16-12-9-5-2-6-10-12;/h1-10H,(H,13,14);/p-1. The van der Waals surface area contributed by atoms with Crippen LogP contribution in [-0.4, -0.2) is 0 Å². The van der Waals surface area contributed by atoms with Gasteiger partial charge in [0.2, 0.25) is 0 Å². The summed E-state index contributed by atoms with van der Waals surface area (Å²) in [6.07, 6.45) is 0. The van der Waals surface area contributed by atoms with E-state index in [0.29, 0.717) is 0 Å². The van der Waals surface area contributed by atoms with Crippen LogP contribution in [0.3, 0.4) is 0 Å². The molecule has 90 valence electrons. The van der Waals surface area contributed by atoms with Gasteiger partial charge in [-0.05, 0) is 24.3 Å². The minimum atomic E-state index is -4.39. The Kier molecular flexibility index (Phi) is 5.55. The number of hydrogen-bond donors (Lipinski definition) is 0. The molecule has 2 aromatic carbocycles. The molecule has 0 radical (unpaired) electrons. The van der Waals surface area contributed by atoms with Crippen LogP contribution in [-0.2, 0) is 24.0 Å². The molecule has 0 heterocycles. The van der Waals surface area contributed by atoms with Crippen molar-refractivity contribution in [2.75, 3.05) is 0 Å². The van der Waals surface area contributed by atoms with Gasteiger partial charge < -0.3 is 13.9 Å². The maximum Gasteiger partial charge on any atom is 0.372 e. The summed E-state index contributed by atoms with van der Waals surface area (Å²) in [6, 6.07) is 16.4. The first-order chi connectivity index (χ1) is 8.16. The average molecular weight is 315 g/mol. The van der Waals surface area contributed by atoms with Gasteiger partial charge in [0.15, 0.2) is 0 Å². The van der Waals surface area contributed by atoms with E-state index in [1.165, 1.54) is 0 Å². The second-order valence-corrected chi connectivity index (χ2v) is 4.52. The van der Waals surface area contributed by atoms with E-state index in [1.807, 2.05) is 0 Å². The molecule has 0 N–H and O–H groups in total. The maximum atomic E-state index is 11.6. The van der Waals surface area contributed by atoms with Gasteiger partial charge in [0.25, 0.3) is 0 Å². The van der Waals surface area contributed by atoms with Crippen LogP contribution in [0.4, 0.5) is 0 Å². The molecule has 0 atom stereocenters. The van der Waals surface area contributed by atoms with Gasteiger partial charge in [0.1, 0.15) is 11.5 Å². The van der Waals surface area contributed by atoms with E-state index < -0.39 is 7.82 Å². The van der Waals surface area contributed by atoms with Crippen molar-refractivity contribution in [2.45, 2.75) is 0 Å². The number of para-hydroxylation sites is 2. The molecule has 0 amide bonds. The van der Waals surface area contributed by atoms with Crippen LogP contribution in [0.15, 0.2) is 60.7 Å². The number of hydrogen-bond acceptors (Lipinski definition) is 4. The van der Waals surface area contributed by atoms with E-state index in [9.17, 15) is 9.46 Å². The van der Waals surface area contributed by atoms with E-state index in [1.54, 1.807) is 60.7 Å². The molecule has 0 aliphatic heterocycles. The van der Waals surface area contributed by atoms with Crippen molar-refractivity contribution >= 4 is 7.82 Å². The first-order valence-corrected chi connectivity index (χ1v) is 6.42. The zero-order valence-corrected chi connectivity index (χ0v) is 13.4. The van der Waals surface area contributed by atoms with Crippen molar-refractivity contribution in [3.8, 4) is 11.5 Å². The summed E-state index contributed by atoms with van der Waals surface area (Å²) < 4.78 is 21.1. The van der Waals surface area contributed by atoms with Crippen LogP contribution in [0, 0.1) is 0 Å². The van der Waals surface area contributed by atoms with Gasteiger partial charge in [-0.3, -0.25) is 0 Å². The molecule has 0 aliphatic rings. The van der Waals surface area contributed by atoms with Crippen LogP contribution in [0.2, 0.25) is 0 Å². The fourth-order valence-electron chi connectivity index (χ4n) is 1.24. The minimum absolute atomic E-state index is 0. The molecule has 0 unspecified atom stereocenters. The molecule has 6 heteroatoms. The monoisotopic (exact) mass is 313 g/mol. The Hall–Kier alpha value is -1.15. The van der Waals surface area contributed by atoms with Gasteiger partial charge in [-0.15, -0.1) is 0 Å². The quantitative estimate of drug-likeness (QED) is 0.643. The van der Waals surface area contributed by atoms with E-state index in [-0.39, 0.29) is 31.0 Å².